The van der Waals surface area contributed by atoms with Crippen molar-refractivity contribution >= 4 is 21.8 Å². The van der Waals surface area contributed by atoms with Crippen LogP contribution in [0.15, 0.2) is 0 Å². The van der Waals surface area contributed by atoms with Crippen molar-refractivity contribution in [1.29, 1.82) is 0 Å². The van der Waals surface area contributed by atoms with E-state index in [1.54, 1.807) is 0 Å². The van der Waals surface area contributed by atoms with E-state index in [1.807, 2.05) is 6.92 Å². The molecule has 1 aliphatic carbocycles. The van der Waals surface area contributed by atoms with Crippen LogP contribution < -0.4 is 5.32 Å². The molecule has 1 fully saturated rings. The van der Waals surface area contributed by atoms with Crippen molar-refractivity contribution in [1.82, 2.24) is 5.32 Å². The molecule has 3 heteroatoms. The molecule has 0 spiro atoms. The van der Waals surface area contributed by atoms with Crippen molar-refractivity contribution in [3.8, 4) is 0 Å². The quantitative estimate of drug-likeness (QED) is 0.775. The monoisotopic (exact) mass is 261 g/mol. The summed E-state index contributed by atoms with van der Waals surface area (Å²) in [6, 6.07) is 0.256. The molecule has 0 aliphatic heterocycles. The summed E-state index contributed by atoms with van der Waals surface area (Å²) in [6.45, 7) is 2.02. The molecular formula is C11H20BrNO. The van der Waals surface area contributed by atoms with E-state index in [9.17, 15) is 4.79 Å². The van der Waals surface area contributed by atoms with E-state index >= 15 is 0 Å². The minimum Gasteiger partial charge on any atom is -0.353 e. The van der Waals surface area contributed by atoms with Gasteiger partial charge in [-0.2, -0.15) is 0 Å². The Morgan fingerprint density at radius 3 is 2.64 bits per heavy atom. The molecule has 0 aromatic heterocycles. The molecule has 0 heterocycles. The van der Waals surface area contributed by atoms with Crippen LogP contribution in [0, 0.1) is 5.92 Å². The standard InChI is InChI=1S/C11H20BrNO/c1-9(8-12)13-11(14)7-10-5-3-2-4-6-10/h9-10H,2-8H2,1H3,(H,13,14). The lowest BCUT2D eigenvalue weighted by Gasteiger charge is -2.21. The Bertz CT molecular complexity index is 178. The summed E-state index contributed by atoms with van der Waals surface area (Å²) in [5.74, 6) is 0.870. The third kappa shape index (κ3) is 4.45. The lowest BCUT2D eigenvalue weighted by Crippen LogP contribution is -2.34. The molecule has 1 unspecified atom stereocenters. The molecule has 14 heavy (non-hydrogen) atoms. The smallest absolute Gasteiger partial charge is 0.220 e. The number of hydrogen-bond donors (Lipinski definition) is 1. The molecule has 1 aliphatic rings. The van der Waals surface area contributed by atoms with Crippen LogP contribution in [0.25, 0.3) is 0 Å². The van der Waals surface area contributed by atoms with Crippen molar-refractivity contribution in [3.63, 3.8) is 0 Å². The van der Waals surface area contributed by atoms with Crippen molar-refractivity contribution in [2.45, 2.75) is 51.5 Å². The van der Waals surface area contributed by atoms with E-state index in [1.165, 1.54) is 32.1 Å². The van der Waals surface area contributed by atoms with Gasteiger partial charge in [0.15, 0.2) is 0 Å². The van der Waals surface area contributed by atoms with Crippen molar-refractivity contribution in [2.75, 3.05) is 5.33 Å². The number of carbonyl (C=O) groups is 1. The summed E-state index contributed by atoms with van der Waals surface area (Å²) in [5, 5.41) is 3.83. The number of hydrogen-bond acceptors (Lipinski definition) is 1. The maximum absolute atomic E-state index is 11.5. The molecule has 1 saturated carbocycles. The minimum atomic E-state index is 0.226. The molecular weight excluding hydrogens is 242 g/mol. The highest BCUT2D eigenvalue weighted by Crippen LogP contribution is 2.26. The van der Waals surface area contributed by atoms with Crippen molar-refractivity contribution in [3.05, 3.63) is 0 Å². The van der Waals surface area contributed by atoms with Gasteiger partial charge in [-0.25, -0.2) is 0 Å². The molecule has 1 rings (SSSR count). The molecule has 1 N–H and O–H groups in total. The first-order chi connectivity index (χ1) is 6.72. The summed E-state index contributed by atoms with van der Waals surface area (Å²) in [7, 11) is 0. The Morgan fingerprint density at radius 2 is 2.07 bits per heavy atom. The number of rotatable bonds is 4. The second-order valence-corrected chi connectivity index (χ2v) is 4.98. The highest BCUT2D eigenvalue weighted by molar-refractivity contribution is 9.09. The molecule has 1 amide bonds. The molecule has 0 bridgehead atoms. The summed E-state index contributed by atoms with van der Waals surface area (Å²) < 4.78 is 0. The minimum absolute atomic E-state index is 0.226. The normalized spacial score (nSPS) is 20.4. The van der Waals surface area contributed by atoms with Crippen molar-refractivity contribution in [2.24, 2.45) is 5.92 Å². The van der Waals surface area contributed by atoms with Gasteiger partial charge in [-0.05, 0) is 25.7 Å². The first kappa shape index (κ1) is 12.0. The zero-order valence-electron chi connectivity index (χ0n) is 8.89. The van der Waals surface area contributed by atoms with Crippen LogP contribution in [-0.2, 0) is 4.79 Å². The third-order valence-corrected chi connectivity index (χ3v) is 3.81. The maximum Gasteiger partial charge on any atom is 0.220 e. The maximum atomic E-state index is 11.5. The van der Waals surface area contributed by atoms with Gasteiger partial charge in [-0.1, -0.05) is 35.2 Å². The summed E-state index contributed by atoms with van der Waals surface area (Å²) >= 11 is 3.35. The fraction of sp³-hybridized carbons (Fsp3) is 0.909. The number of alkyl halides is 1. The van der Waals surface area contributed by atoms with Crippen LogP contribution in [0.2, 0.25) is 0 Å². The van der Waals surface area contributed by atoms with Gasteiger partial charge in [-0.15, -0.1) is 0 Å². The van der Waals surface area contributed by atoms with Crippen LogP contribution in [0.3, 0.4) is 0 Å². The van der Waals surface area contributed by atoms with Gasteiger partial charge in [0.1, 0.15) is 0 Å². The lowest BCUT2D eigenvalue weighted by atomic mass is 9.87. The Hall–Kier alpha value is -0.0500. The Balaban J connectivity index is 2.18. The molecule has 0 aromatic rings. The first-order valence-electron chi connectivity index (χ1n) is 5.57. The van der Waals surface area contributed by atoms with Crippen LogP contribution in [0.1, 0.15) is 45.4 Å². The predicted molar refractivity (Wildman–Crippen MR) is 62.6 cm³/mol. The molecule has 82 valence electrons. The van der Waals surface area contributed by atoms with Gasteiger partial charge in [-0.3, -0.25) is 4.79 Å². The highest BCUT2D eigenvalue weighted by atomic mass is 79.9. The van der Waals surface area contributed by atoms with Gasteiger partial charge >= 0.3 is 0 Å². The number of carbonyl (C=O) groups excluding carboxylic acids is 1. The van der Waals surface area contributed by atoms with E-state index in [-0.39, 0.29) is 11.9 Å². The van der Waals surface area contributed by atoms with Crippen LogP contribution in [-0.4, -0.2) is 17.3 Å². The average molecular weight is 262 g/mol. The zero-order chi connectivity index (χ0) is 10.4. The van der Waals surface area contributed by atoms with Gasteiger partial charge < -0.3 is 5.32 Å². The molecule has 1 atom stereocenters. The topological polar surface area (TPSA) is 29.1 Å². The van der Waals surface area contributed by atoms with Crippen molar-refractivity contribution < 1.29 is 4.79 Å². The Morgan fingerprint density at radius 1 is 1.43 bits per heavy atom. The predicted octanol–water partition coefficient (Wildman–Crippen LogP) is 2.86. The highest BCUT2D eigenvalue weighted by Gasteiger charge is 2.17. The molecule has 0 aromatic carbocycles. The lowest BCUT2D eigenvalue weighted by molar-refractivity contribution is -0.122. The van der Waals surface area contributed by atoms with E-state index in [4.69, 9.17) is 0 Å². The number of nitrogens with one attached hydrogen (secondary N) is 1. The summed E-state index contributed by atoms with van der Waals surface area (Å²) in [6.07, 6.45) is 7.21. The van der Waals surface area contributed by atoms with Gasteiger partial charge in [0.2, 0.25) is 5.91 Å². The molecule has 0 radical (unpaired) electrons. The number of halogens is 1. The fourth-order valence-electron chi connectivity index (χ4n) is 2.03. The van der Waals surface area contributed by atoms with Crippen LogP contribution in [0.4, 0.5) is 0 Å². The fourth-order valence-corrected chi connectivity index (χ4v) is 2.19. The third-order valence-electron chi connectivity index (χ3n) is 2.84. The van der Waals surface area contributed by atoms with E-state index in [2.05, 4.69) is 21.2 Å². The van der Waals surface area contributed by atoms with E-state index in [0.717, 1.165) is 11.8 Å². The summed E-state index contributed by atoms with van der Waals surface area (Å²) in [4.78, 5) is 11.5. The van der Waals surface area contributed by atoms with Crippen LogP contribution >= 0.6 is 15.9 Å². The molecule has 2 nitrogen and oxygen atoms in total. The van der Waals surface area contributed by atoms with E-state index < -0.39 is 0 Å². The van der Waals surface area contributed by atoms with Gasteiger partial charge in [0.25, 0.3) is 0 Å². The Labute approximate surface area is 95.0 Å². The zero-order valence-corrected chi connectivity index (χ0v) is 10.5. The summed E-state index contributed by atoms with van der Waals surface area (Å²) in [5.41, 5.74) is 0. The molecule has 0 saturated heterocycles. The largest absolute Gasteiger partial charge is 0.353 e. The average Bonchev–Trinajstić information content (AvgIpc) is 2.19. The number of amides is 1. The van der Waals surface area contributed by atoms with Gasteiger partial charge in [0.05, 0.1) is 0 Å². The Kier molecular flexibility index (Phi) is 5.53. The first-order valence-corrected chi connectivity index (χ1v) is 6.70. The van der Waals surface area contributed by atoms with E-state index in [0.29, 0.717) is 5.92 Å². The second kappa shape index (κ2) is 6.44. The SMILES string of the molecule is CC(CBr)NC(=O)CC1CCCCC1. The second-order valence-electron chi connectivity index (χ2n) is 4.33. The van der Waals surface area contributed by atoms with Crippen LogP contribution in [0.5, 0.6) is 0 Å². The van der Waals surface area contributed by atoms with Gasteiger partial charge in [0, 0.05) is 17.8 Å².